The van der Waals surface area contributed by atoms with E-state index >= 15 is 0 Å². The predicted octanol–water partition coefficient (Wildman–Crippen LogP) is 0.880. The molecule has 1 fully saturated rings. The lowest BCUT2D eigenvalue weighted by molar-refractivity contribution is -0.138. The molecule has 0 spiro atoms. The van der Waals surface area contributed by atoms with Crippen molar-refractivity contribution < 1.29 is 9.59 Å². The highest BCUT2D eigenvalue weighted by molar-refractivity contribution is 6.05. The summed E-state index contributed by atoms with van der Waals surface area (Å²) in [6, 6.07) is 5.18. The Labute approximate surface area is 106 Å². The Bertz CT molecular complexity index is 447. The zero-order valence-corrected chi connectivity index (χ0v) is 10.6. The predicted molar refractivity (Wildman–Crippen MR) is 66.6 cm³/mol. The van der Waals surface area contributed by atoms with Crippen LogP contribution in [0.15, 0.2) is 24.4 Å². The fourth-order valence-corrected chi connectivity index (χ4v) is 2.16. The number of nitrogens with zero attached hydrogens (tertiary/aromatic N) is 2. The number of hydrogen-bond acceptors (Lipinski definition) is 4. The van der Waals surface area contributed by atoms with Crippen molar-refractivity contribution in [1.82, 2.24) is 15.2 Å². The highest BCUT2D eigenvalue weighted by Gasteiger charge is 2.38. The second kappa shape index (κ2) is 5.27. The van der Waals surface area contributed by atoms with Gasteiger partial charge in [0.1, 0.15) is 0 Å². The molecule has 2 rings (SSSR count). The van der Waals surface area contributed by atoms with Crippen molar-refractivity contribution in [2.45, 2.75) is 32.4 Å². The first-order valence-electron chi connectivity index (χ1n) is 6.14. The van der Waals surface area contributed by atoms with Gasteiger partial charge in [0.25, 0.3) is 0 Å². The quantitative estimate of drug-likeness (QED) is 0.802. The normalized spacial score (nSPS) is 21.4. The van der Waals surface area contributed by atoms with E-state index in [9.17, 15) is 9.59 Å². The van der Waals surface area contributed by atoms with Crippen LogP contribution < -0.4 is 5.32 Å². The Hall–Kier alpha value is -1.75. The summed E-state index contributed by atoms with van der Waals surface area (Å²) < 4.78 is 0. The molecule has 0 saturated carbocycles. The van der Waals surface area contributed by atoms with Crippen LogP contribution in [0.5, 0.6) is 0 Å². The third kappa shape index (κ3) is 2.41. The Balaban J connectivity index is 2.03. The van der Waals surface area contributed by atoms with Crippen molar-refractivity contribution in [3.05, 3.63) is 30.1 Å². The molecule has 2 atom stereocenters. The van der Waals surface area contributed by atoms with E-state index in [0.717, 1.165) is 5.69 Å². The van der Waals surface area contributed by atoms with Gasteiger partial charge in [-0.15, -0.1) is 0 Å². The third-order valence-corrected chi connectivity index (χ3v) is 3.14. The van der Waals surface area contributed by atoms with E-state index in [1.165, 1.54) is 4.90 Å². The van der Waals surface area contributed by atoms with Crippen LogP contribution in [0, 0.1) is 0 Å². The summed E-state index contributed by atoms with van der Waals surface area (Å²) >= 11 is 0. The Morgan fingerprint density at radius 2 is 2.28 bits per heavy atom. The Morgan fingerprint density at radius 3 is 2.83 bits per heavy atom. The van der Waals surface area contributed by atoms with E-state index in [1.54, 1.807) is 13.1 Å². The van der Waals surface area contributed by atoms with Gasteiger partial charge in [-0.25, -0.2) is 0 Å². The number of rotatable bonds is 4. The molecular weight excluding hydrogens is 230 g/mol. The highest BCUT2D eigenvalue weighted by Crippen LogP contribution is 2.17. The van der Waals surface area contributed by atoms with Crippen LogP contribution in [-0.2, 0) is 9.59 Å². The average molecular weight is 247 g/mol. The minimum Gasteiger partial charge on any atom is -0.297 e. The van der Waals surface area contributed by atoms with Gasteiger partial charge in [-0.2, -0.15) is 0 Å². The zero-order chi connectivity index (χ0) is 13.1. The summed E-state index contributed by atoms with van der Waals surface area (Å²) in [7, 11) is 0. The summed E-state index contributed by atoms with van der Waals surface area (Å²) in [6.07, 6.45) is 1.96. The molecule has 2 unspecified atom stereocenters. The van der Waals surface area contributed by atoms with Crippen LogP contribution in [0.3, 0.4) is 0 Å². The molecule has 0 aromatic carbocycles. The summed E-state index contributed by atoms with van der Waals surface area (Å²) in [5.74, 6) is -0.237. The summed E-state index contributed by atoms with van der Waals surface area (Å²) in [5.41, 5.74) is 0.868. The fourth-order valence-electron chi connectivity index (χ4n) is 2.16. The third-order valence-electron chi connectivity index (χ3n) is 3.14. The second-order valence-corrected chi connectivity index (χ2v) is 4.38. The molecule has 2 heterocycles. The molecule has 5 heteroatoms. The maximum Gasteiger partial charge on any atom is 0.246 e. The van der Waals surface area contributed by atoms with Crippen LogP contribution in [-0.4, -0.2) is 34.3 Å². The van der Waals surface area contributed by atoms with Crippen molar-refractivity contribution in [1.29, 1.82) is 0 Å². The Morgan fingerprint density at radius 1 is 1.50 bits per heavy atom. The van der Waals surface area contributed by atoms with Crippen LogP contribution in [0.1, 0.15) is 32.0 Å². The lowest BCUT2D eigenvalue weighted by Gasteiger charge is -2.18. The molecule has 18 heavy (non-hydrogen) atoms. The number of likely N-dealkylation sites (tertiary alicyclic amines) is 1. The first-order valence-corrected chi connectivity index (χ1v) is 6.14. The van der Waals surface area contributed by atoms with E-state index in [4.69, 9.17) is 0 Å². The van der Waals surface area contributed by atoms with E-state index in [2.05, 4.69) is 10.3 Å². The van der Waals surface area contributed by atoms with Crippen molar-refractivity contribution in [3.8, 4) is 0 Å². The van der Waals surface area contributed by atoms with Gasteiger partial charge in [0.05, 0.1) is 18.2 Å². The zero-order valence-electron chi connectivity index (χ0n) is 10.6. The van der Waals surface area contributed by atoms with Gasteiger partial charge in [-0.3, -0.25) is 24.8 Å². The van der Waals surface area contributed by atoms with E-state index in [1.807, 2.05) is 25.1 Å². The van der Waals surface area contributed by atoms with Crippen LogP contribution in [0.4, 0.5) is 0 Å². The van der Waals surface area contributed by atoms with Crippen LogP contribution in [0.25, 0.3) is 0 Å². The molecule has 0 aliphatic carbocycles. The van der Waals surface area contributed by atoms with Gasteiger partial charge >= 0.3 is 0 Å². The number of amides is 2. The number of nitrogens with one attached hydrogen (secondary N) is 1. The number of likely N-dealkylation sites (N-methyl/N-ethyl adjacent to an activating group) is 1. The molecule has 0 bridgehead atoms. The smallest absolute Gasteiger partial charge is 0.246 e. The molecule has 0 radical (unpaired) electrons. The highest BCUT2D eigenvalue weighted by atomic mass is 16.2. The topological polar surface area (TPSA) is 62.3 Å². The monoisotopic (exact) mass is 247 g/mol. The molecular formula is C13H17N3O2. The molecule has 1 saturated heterocycles. The standard InChI is InChI=1S/C13H17N3O2/c1-3-16-12(17)8-11(13(16)18)15-9(2)10-6-4-5-7-14-10/h4-7,9,11,15H,3,8H2,1-2H3. The molecule has 1 N–H and O–H groups in total. The summed E-state index contributed by atoms with van der Waals surface area (Å²) in [6.45, 7) is 4.18. The minimum absolute atomic E-state index is 0.0512. The van der Waals surface area contributed by atoms with E-state index < -0.39 is 6.04 Å². The summed E-state index contributed by atoms with van der Waals surface area (Å²) in [5, 5.41) is 3.17. The van der Waals surface area contributed by atoms with Gasteiger partial charge in [-0.05, 0) is 26.0 Å². The molecule has 1 aliphatic rings. The fraction of sp³-hybridized carbons (Fsp3) is 0.462. The number of aromatic nitrogens is 1. The maximum absolute atomic E-state index is 11.9. The molecule has 2 amide bonds. The van der Waals surface area contributed by atoms with Gasteiger partial charge in [0.15, 0.2) is 0 Å². The lowest BCUT2D eigenvalue weighted by Crippen LogP contribution is -2.39. The molecule has 1 aliphatic heterocycles. The van der Waals surface area contributed by atoms with Crippen LogP contribution in [0.2, 0.25) is 0 Å². The van der Waals surface area contributed by atoms with Crippen molar-refractivity contribution in [2.75, 3.05) is 6.54 Å². The van der Waals surface area contributed by atoms with E-state index in [-0.39, 0.29) is 24.3 Å². The van der Waals surface area contributed by atoms with Crippen molar-refractivity contribution >= 4 is 11.8 Å². The number of imide groups is 1. The van der Waals surface area contributed by atoms with Crippen LogP contribution >= 0.6 is 0 Å². The lowest BCUT2D eigenvalue weighted by atomic mass is 10.1. The Kier molecular flexibility index (Phi) is 3.72. The number of pyridine rings is 1. The van der Waals surface area contributed by atoms with E-state index in [0.29, 0.717) is 6.54 Å². The van der Waals surface area contributed by atoms with Gasteiger partial charge in [-0.1, -0.05) is 6.07 Å². The van der Waals surface area contributed by atoms with Gasteiger partial charge in [0.2, 0.25) is 11.8 Å². The largest absolute Gasteiger partial charge is 0.297 e. The summed E-state index contributed by atoms with van der Waals surface area (Å²) in [4.78, 5) is 29.1. The first kappa shape index (κ1) is 12.7. The van der Waals surface area contributed by atoms with Crippen molar-refractivity contribution in [2.24, 2.45) is 0 Å². The molecule has 1 aromatic rings. The number of carbonyl (C=O) groups is 2. The SMILES string of the molecule is CCN1C(=O)CC(NC(C)c2ccccn2)C1=O. The molecule has 1 aromatic heterocycles. The molecule has 96 valence electrons. The number of hydrogen-bond donors (Lipinski definition) is 1. The molecule has 5 nitrogen and oxygen atoms in total. The second-order valence-electron chi connectivity index (χ2n) is 4.38. The maximum atomic E-state index is 11.9. The average Bonchev–Trinajstić information content (AvgIpc) is 2.65. The number of carbonyl (C=O) groups excluding carboxylic acids is 2. The minimum atomic E-state index is -0.422. The first-order chi connectivity index (χ1) is 8.63. The van der Waals surface area contributed by atoms with Gasteiger partial charge < -0.3 is 0 Å². The van der Waals surface area contributed by atoms with Crippen molar-refractivity contribution in [3.63, 3.8) is 0 Å². The van der Waals surface area contributed by atoms with Gasteiger partial charge in [0, 0.05) is 18.8 Å².